The first-order valence-corrected chi connectivity index (χ1v) is 16.5. The number of nitrogens with one attached hydrogen (secondary N) is 1. The van der Waals surface area contributed by atoms with Crippen molar-refractivity contribution in [1.82, 2.24) is 10.2 Å². The summed E-state index contributed by atoms with van der Waals surface area (Å²) in [5, 5.41) is 2.71. The van der Waals surface area contributed by atoms with E-state index in [4.69, 9.17) is 16.3 Å². The zero-order valence-electron chi connectivity index (χ0n) is 22.8. The van der Waals surface area contributed by atoms with Crippen LogP contribution in [0.1, 0.15) is 24.0 Å². The molecule has 0 aliphatic carbocycles. The Kier molecular flexibility index (Phi) is 8.30. The summed E-state index contributed by atoms with van der Waals surface area (Å²) in [5.74, 6) is -3.99. The Balaban J connectivity index is 1.56. The molecule has 1 N–H and O–H groups in total. The lowest BCUT2D eigenvalue weighted by molar-refractivity contribution is -0.139. The molecule has 220 valence electrons. The smallest absolute Gasteiger partial charge is 0.336 e. The van der Waals surface area contributed by atoms with E-state index < -0.39 is 52.9 Å². The summed E-state index contributed by atoms with van der Waals surface area (Å²) in [7, 11) is -6.84. The van der Waals surface area contributed by atoms with Crippen molar-refractivity contribution in [3.05, 3.63) is 117 Å². The lowest BCUT2D eigenvalue weighted by atomic mass is 9.86. The van der Waals surface area contributed by atoms with Crippen molar-refractivity contribution in [2.45, 2.75) is 29.2 Å². The van der Waals surface area contributed by atoms with Crippen LogP contribution in [0.25, 0.3) is 0 Å². The molecule has 3 aromatic carbocycles. The number of halogens is 2. The van der Waals surface area contributed by atoms with Gasteiger partial charge in [-0.3, -0.25) is 4.90 Å². The number of hydrogen-bond acceptors (Lipinski definition) is 8. The molecule has 3 aromatic rings. The molecule has 12 heteroatoms. The zero-order valence-corrected chi connectivity index (χ0v) is 25.2. The minimum absolute atomic E-state index is 0.0352. The highest BCUT2D eigenvalue weighted by atomic mass is 35.5. The second-order valence-corrected chi connectivity index (χ2v) is 14.4. The first kappa shape index (κ1) is 30.0. The monoisotopic (exact) mass is 630 g/mol. The van der Waals surface area contributed by atoms with Gasteiger partial charge in [0.2, 0.25) is 9.84 Å². The predicted molar refractivity (Wildman–Crippen MR) is 156 cm³/mol. The molecular formula is C30H28ClFN2O6S2. The van der Waals surface area contributed by atoms with Gasteiger partial charge in [-0.2, -0.15) is 0 Å². The number of ether oxygens (including phenoxy) is 1. The van der Waals surface area contributed by atoms with Crippen molar-refractivity contribution in [2.75, 3.05) is 26.0 Å². The van der Waals surface area contributed by atoms with E-state index in [0.29, 0.717) is 13.1 Å². The van der Waals surface area contributed by atoms with E-state index in [1.165, 1.54) is 43.3 Å². The van der Waals surface area contributed by atoms with Gasteiger partial charge in [-0.05, 0) is 43.8 Å². The fraction of sp³-hybridized carbons (Fsp3) is 0.233. The number of carbonyl (C=O) groups excluding carboxylic acids is 1. The summed E-state index contributed by atoms with van der Waals surface area (Å²) in [6.45, 7) is 2.42. The first-order chi connectivity index (χ1) is 19.9. The number of likely N-dealkylation sites (N-methyl/N-ethyl adjacent to an activating group) is 1. The average molecular weight is 631 g/mol. The molecule has 0 bridgehead atoms. The van der Waals surface area contributed by atoms with Crippen LogP contribution in [-0.2, 0) is 35.8 Å². The molecule has 8 nitrogen and oxygen atoms in total. The lowest BCUT2D eigenvalue weighted by Crippen LogP contribution is -2.35. The molecule has 2 aliphatic rings. The summed E-state index contributed by atoms with van der Waals surface area (Å²) in [5.41, 5.74) is 0.598. The van der Waals surface area contributed by atoms with E-state index in [-0.39, 0.29) is 39.1 Å². The van der Waals surface area contributed by atoms with Crippen molar-refractivity contribution >= 4 is 37.2 Å². The fourth-order valence-electron chi connectivity index (χ4n) is 5.30. The number of allylic oxidation sites excluding steroid dienone is 2. The molecule has 2 heterocycles. The number of fused-ring (bicyclic) bond motifs is 1. The van der Waals surface area contributed by atoms with Crippen LogP contribution in [-0.4, -0.2) is 53.7 Å². The maximum absolute atomic E-state index is 15.5. The van der Waals surface area contributed by atoms with E-state index in [2.05, 4.69) is 5.32 Å². The highest BCUT2D eigenvalue weighted by molar-refractivity contribution is 7.97. The molecule has 1 atom stereocenters. The normalized spacial score (nSPS) is 19.0. The Bertz CT molecular complexity index is 1820. The molecule has 1 unspecified atom stereocenters. The number of nitrogens with zero attached hydrogens (tertiary/aromatic N) is 1. The summed E-state index contributed by atoms with van der Waals surface area (Å²) in [4.78, 5) is 14.3. The zero-order chi connectivity index (χ0) is 30.2. The second kappa shape index (κ2) is 11.6. The Hall–Kier alpha value is -3.51. The molecule has 42 heavy (non-hydrogen) atoms. The fourth-order valence-corrected chi connectivity index (χ4v) is 9.61. The van der Waals surface area contributed by atoms with E-state index in [0.717, 1.165) is 11.6 Å². The van der Waals surface area contributed by atoms with Crippen LogP contribution in [0.2, 0.25) is 5.02 Å². The average Bonchev–Trinajstić information content (AvgIpc) is 2.99. The molecular weight excluding hydrogens is 603 g/mol. The summed E-state index contributed by atoms with van der Waals surface area (Å²) in [6, 6.07) is 18.8. The SMILES string of the molecule is CC1=C(C(=O)OCCN(C)Cc2ccccc2)C(c2c(F)cccc2Cl)C2=C(CS(=O)(=O)c3ccccc3S2(=O)=O)N1. The Labute approximate surface area is 249 Å². The van der Waals surface area contributed by atoms with Crippen LogP contribution < -0.4 is 5.32 Å². The summed E-state index contributed by atoms with van der Waals surface area (Å²) in [6.07, 6.45) is 0. The third-order valence-corrected chi connectivity index (χ3v) is 11.3. The van der Waals surface area contributed by atoms with E-state index in [1.54, 1.807) is 0 Å². The highest BCUT2D eigenvalue weighted by Gasteiger charge is 2.47. The van der Waals surface area contributed by atoms with Crippen LogP contribution in [0.3, 0.4) is 0 Å². The van der Waals surface area contributed by atoms with E-state index in [9.17, 15) is 21.6 Å². The Morgan fingerprint density at radius 3 is 2.36 bits per heavy atom. The Morgan fingerprint density at radius 1 is 1.00 bits per heavy atom. The third-order valence-electron chi connectivity index (χ3n) is 7.20. The van der Waals surface area contributed by atoms with Gasteiger partial charge in [-0.1, -0.05) is 60.1 Å². The Morgan fingerprint density at radius 2 is 1.67 bits per heavy atom. The molecule has 0 amide bonds. The summed E-state index contributed by atoms with van der Waals surface area (Å²) < 4.78 is 76.1. The third kappa shape index (κ3) is 5.61. The largest absolute Gasteiger partial charge is 0.461 e. The van der Waals surface area contributed by atoms with Crippen LogP contribution >= 0.6 is 11.6 Å². The van der Waals surface area contributed by atoms with Gasteiger partial charge in [-0.25, -0.2) is 26.0 Å². The maximum atomic E-state index is 15.5. The number of sulfone groups is 2. The van der Waals surface area contributed by atoms with E-state index >= 15 is 4.39 Å². The number of benzene rings is 3. The predicted octanol–water partition coefficient (Wildman–Crippen LogP) is 4.59. The van der Waals surface area contributed by atoms with Crippen LogP contribution in [0.4, 0.5) is 4.39 Å². The van der Waals surface area contributed by atoms with Crippen LogP contribution in [0, 0.1) is 5.82 Å². The van der Waals surface area contributed by atoms with Gasteiger partial charge in [-0.15, -0.1) is 0 Å². The topological polar surface area (TPSA) is 110 Å². The second-order valence-electron chi connectivity index (χ2n) is 10.1. The van der Waals surface area contributed by atoms with Gasteiger partial charge < -0.3 is 10.1 Å². The van der Waals surface area contributed by atoms with Crippen molar-refractivity contribution in [1.29, 1.82) is 0 Å². The molecule has 2 aliphatic heterocycles. The first-order valence-electron chi connectivity index (χ1n) is 13.0. The number of esters is 1. The summed E-state index contributed by atoms with van der Waals surface area (Å²) >= 11 is 6.45. The van der Waals surface area contributed by atoms with Crippen molar-refractivity contribution < 1.29 is 30.8 Å². The van der Waals surface area contributed by atoms with Gasteiger partial charge in [0, 0.05) is 35.1 Å². The van der Waals surface area contributed by atoms with Crippen molar-refractivity contribution in [2.24, 2.45) is 0 Å². The molecule has 0 saturated heterocycles. The number of rotatable bonds is 7. The van der Waals surface area contributed by atoms with Gasteiger partial charge >= 0.3 is 5.97 Å². The van der Waals surface area contributed by atoms with Gasteiger partial charge in [0.1, 0.15) is 12.4 Å². The number of hydrogen-bond donors (Lipinski definition) is 1. The minimum atomic E-state index is -4.58. The number of carbonyl (C=O) groups is 1. The maximum Gasteiger partial charge on any atom is 0.336 e. The van der Waals surface area contributed by atoms with Gasteiger partial charge in [0.25, 0.3) is 0 Å². The number of dihydropyridines is 1. The standard InChI is InChI=1S/C30H28ClFN2O6S2/c1-19-26(30(35)40-16-15-34(2)17-20-9-4-3-5-10-20)28(27-21(31)11-8-12-22(27)32)29-23(33-19)18-41(36,37)24-13-6-7-14-25(24)42(29,38)39/h3-14,28,33H,15-18H2,1-2H3. The molecule has 5 rings (SSSR count). The molecule has 0 radical (unpaired) electrons. The lowest BCUT2D eigenvalue weighted by Gasteiger charge is -2.32. The molecule has 0 saturated carbocycles. The minimum Gasteiger partial charge on any atom is -0.461 e. The quantitative estimate of drug-likeness (QED) is 0.378. The van der Waals surface area contributed by atoms with Crippen LogP contribution in [0.15, 0.2) is 104 Å². The van der Waals surface area contributed by atoms with Crippen LogP contribution in [0.5, 0.6) is 0 Å². The molecule has 0 fully saturated rings. The van der Waals surface area contributed by atoms with Gasteiger partial charge in [0.05, 0.1) is 31.9 Å². The van der Waals surface area contributed by atoms with Crippen molar-refractivity contribution in [3.8, 4) is 0 Å². The molecule has 0 aromatic heterocycles. The van der Waals surface area contributed by atoms with Crippen molar-refractivity contribution in [3.63, 3.8) is 0 Å². The highest BCUT2D eigenvalue weighted by Crippen LogP contribution is 2.48. The molecule has 0 spiro atoms. The van der Waals surface area contributed by atoms with E-state index in [1.807, 2.05) is 42.3 Å². The van der Waals surface area contributed by atoms with Gasteiger partial charge in [0.15, 0.2) is 9.84 Å².